The van der Waals surface area contributed by atoms with E-state index in [9.17, 15) is 9.18 Å². The lowest BCUT2D eigenvalue weighted by Crippen LogP contribution is -2.39. The maximum Gasteiger partial charge on any atom is 0.248 e. The van der Waals surface area contributed by atoms with E-state index in [4.69, 9.17) is 21.1 Å². The standard InChI is InChI=1S/C24H30ClFN2O3/c1-16(2)28(17(3)4)12-13-31-23-15-20(9-10-22(23)30-5)27-24(29)11-7-18-6-8-19(26)14-21(18)25/h6-11,14-17H,12-13H2,1-5H3,(H,27,29)/b11-7+. The molecule has 0 fully saturated rings. The van der Waals surface area contributed by atoms with Crippen molar-refractivity contribution in [2.24, 2.45) is 0 Å². The number of ether oxygens (including phenoxy) is 2. The van der Waals surface area contributed by atoms with E-state index in [0.29, 0.717) is 41.4 Å². The van der Waals surface area contributed by atoms with Gasteiger partial charge in [-0.3, -0.25) is 9.69 Å². The lowest BCUT2D eigenvalue weighted by atomic mass is 10.2. The van der Waals surface area contributed by atoms with Gasteiger partial charge in [-0.05, 0) is 63.6 Å². The first-order chi connectivity index (χ1) is 14.7. The second-order valence-corrected chi connectivity index (χ2v) is 8.04. The topological polar surface area (TPSA) is 50.8 Å². The summed E-state index contributed by atoms with van der Waals surface area (Å²) in [6, 6.07) is 10.0. The van der Waals surface area contributed by atoms with Crippen LogP contribution < -0.4 is 14.8 Å². The molecule has 0 aromatic heterocycles. The molecule has 168 valence electrons. The van der Waals surface area contributed by atoms with Gasteiger partial charge in [-0.25, -0.2) is 4.39 Å². The molecule has 31 heavy (non-hydrogen) atoms. The van der Waals surface area contributed by atoms with Gasteiger partial charge in [0.05, 0.1) is 12.1 Å². The molecule has 2 aromatic carbocycles. The van der Waals surface area contributed by atoms with E-state index >= 15 is 0 Å². The van der Waals surface area contributed by atoms with E-state index in [1.165, 1.54) is 30.4 Å². The van der Waals surface area contributed by atoms with Crippen LogP contribution in [0.1, 0.15) is 33.3 Å². The molecule has 0 spiro atoms. The highest BCUT2D eigenvalue weighted by Gasteiger charge is 2.14. The first-order valence-corrected chi connectivity index (χ1v) is 10.6. The minimum Gasteiger partial charge on any atom is -0.493 e. The molecule has 2 aromatic rings. The number of methoxy groups -OCH3 is 1. The van der Waals surface area contributed by atoms with Gasteiger partial charge in [0.15, 0.2) is 11.5 Å². The number of benzene rings is 2. The van der Waals surface area contributed by atoms with Gasteiger partial charge in [0.2, 0.25) is 5.91 Å². The molecule has 0 aliphatic rings. The Morgan fingerprint density at radius 3 is 2.45 bits per heavy atom. The van der Waals surface area contributed by atoms with Crippen LogP contribution in [0.25, 0.3) is 6.08 Å². The van der Waals surface area contributed by atoms with Crippen LogP contribution in [0.2, 0.25) is 5.02 Å². The molecule has 2 rings (SSSR count). The van der Waals surface area contributed by atoms with Crippen molar-refractivity contribution in [1.29, 1.82) is 0 Å². The highest BCUT2D eigenvalue weighted by molar-refractivity contribution is 6.32. The Kier molecular flexibility index (Phi) is 9.34. The summed E-state index contributed by atoms with van der Waals surface area (Å²) in [7, 11) is 1.57. The van der Waals surface area contributed by atoms with Gasteiger partial charge in [-0.15, -0.1) is 0 Å². The Labute approximate surface area is 188 Å². The van der Waals surface area contributed by atoms with Gasteiger partial charge in [-0.2, -0.15) is 0 Å². The molecule has 5 nitrogen and oxygen atoms in total. The molecule has 0 saturated heterocycles. The predicted molar refractivity (Wildman–Crippen MR) is 125 cm³/mol. The zero-order valence-electron chi connectivity index (χ0n) is 18.6. The maximum atomic E-state index is 13.1. The molecule has 1 amide bonds. The van der Waals surface area contributed by atoms with Crippen molar-refractivity contribution < 1.29 is 18.7 Å². The van der Waals surface area contributed by atoms with Crippen molar-refractivity contribution in [3.8, 4) is 11.5 Å². The Morgan fingerprint density at radius 2 is 1.84 bits per heavy atom. The third kappa shape index (κ3) is 7.56. The van der Waals surface area contributed by atoms with Crippen molar-refractivity contribution in [1.82, 2.24) is 4.90 Å². The van der Waals surface area contributed by atoms with Gasteiger partial charge in [0.1, 0.15) is 12.4 Å². The number of nitrogens with one attached hydrogen (secondary N) is 1. The average Bonchev–Trinajstić information content (AvgIpc) is 2.70. The van der Waals surface area contributed by atoms with Crippen LogP contribution in [0.4, 0.5) is 10.1 Å². The van der Waals surface area contributed by atoms with Crippen LogP contribution in [0.5, 0.6) is 11.5 Å². The van der Waals surface area contributed by atoms with Crippen LogP contribution in [-0.2, 0) is 4.79 Å². The van der Waals surface area contributed by atoms with E-state index in [2.05, 4.69) is 37.9 Å². The summed E-state index contributed by atoms with van der Waals surface area (Å²) in [5, 5.41) is 3.02. The molecule has 7 heteroatoms. The zero-order valence-corrected chi connectivity index (χ0v) is 19.4. The number of anilines is 1. The fourth-order valence-electron chi connectivity index (χ4n) is 3.23. The van der Waals surface area contributed by atoms with E-state index < -0.39 is 5.82 Å². The number of carbonyl (C=O) groups is 1. The Morgan fingerprint density at radius 1 is 1.13 bits per heavy atom. The molecule has 0 aliphatic carbocycles. The molecule has 0 saturated carbocycles. The molecule has 0 heterocycles. The van der Waals surface area contributed by atoms with Crippen molar-refractivity contribution in [3.05, 3.63) is 58.9 Å². The van der Waals surface area contributed by atoms with Gasteiger partial charge < -0.3 is 14.8 Å². The van der Waals surface area contributed by atoms with E-state index in [1.54, 1.807) is 25.3 Å². The van der Waals surface area contributed by atoms with E-state index in [1.807, 2.05) is 0 Å². The first-order valence-electron chi connectivity index (χ1n) is 10.2. The molecular formula is C24H30ClFN2O3. The van der Waals surface area contributed by atoms with Crippen molar-refractivity contribution in [2.45, 2.75) is 39.8 Å². The minimum atomic E-state index is -0.428. The number of carbonyl (C=O) groups excluding carboxylic acids is 1. The molecule has 0 aliphatic heterocycles. The van der Waals surface area contributed by atoms with Gasteiger partial charge in [0, 0.05) is 36.5 Å². The summed E-state index contributed by atoms with van der Waals surface area (Å²) in [5.74, 6) is 0.371. The van der Waals surface area contributed by atoms with Gasteiger partial charge in [0.25, 0.3) is 0 Å². The third-order valence-electron chi connectivity index (χ3n) is 4.74. The second kappa shape index (κ2) is 11.7. The van der Waals surface area contributed by atoms with Gasteiger partial charge in [-0.1, -0.05) is 17.7 Å². The number of rotatable bonds is 10. The average molecular weight is 449 g/mol. The Hall–Kier alpha value is -2.57. The van der Waals surface area contributed by atoms with E-state index in [-0.39, 0.29) is 10.9 Å². The predicted octanol–water partition coefficient (Wildman–Crippen LogP) is 5.64. The SMILES string of the molecule is COc1ccc(NC(=O)/C=C/c2ccc(F)cc2Cl)cc1OCCN(C(C)C)C(C)C. The molecule has 0 bridgehead atoms. The largest absolute Gasteiger partial charge is 0.493 e. The van der Waals surface area contributed by atoms with Gasteiger partial charge >= 0.3 is 0 Å². The highest BCUT2D eigenvalue weighted by atomic mass is 35.5. The van der Waals surface area contributed by atoms with Crippen molar-refractivity contribution in [3.63, 3.8) is 0 Å². The lowest BCUT2D eigenvalue weighted by molar-refractivity contribution is -0.111. The number of amides is 1. The Bertz CT molecular complexity index is 908. The third-order valence-corrected chi connectivity index (χ3v) is 5.07. The maximum absolute atomic E-state index is 13.1. The lowest BCUT2D eigenvalue weighted by Gasteiger charge is -2.30. The fraction of sp³-hybridized carbons (Fsp3) is 0.375. The van der Waals surface area contributed by atoms with Crippen LogP contribution in [-0.4, -0.2) is 43.2 Å². The number of halogens is 2. The smallest absolute Gasteiger partial charge is 0.248 e. The minimum absolute atomic E-state index is 0.237. The van der Waals surface area contributed by atoms with Crippen LogP contribution >= 0.6 is 11.6 Å². The summed E-state index contributed by atoms with van der Waals surface area (Å²) >= 11 is 5.98. The van der Waals surface area contributed by atoms with Crippen molar-refractivity contribution >= 4 is 29.3 Å². The molecule has 0 atom stereocenters. The summed E-state index contributed by atoms with van der Waals surface area (Å²) in [4.78, 5) is 14.6. The normalized spacial score (nSPS) is 11.5. The summed E-state index contributed by atoms with van der Waals surface area (Å²) in [6.07, 6.45) is 2.87. The highest BCUT2D eigenvalue weighted by Crippen LogP contribution is 2.30. The zero-order chi connectivity index (χ0) is 23.0. The first kappa shape index (κ1) is 24.7. The van der Waals surface area contributed by atoms with Crippen LogP contribution in [0.3, 0.4) is 0 Å². The summed E-state index contributed by atoms with van der Waals surface area (Å²) in [5.41, 5.74) is 1.12. The second-order valence-electron chi connectivity index (χ2n) is 7.63. The molecule has 1 N–H and O–H groups in total. The fourth-order valence-corrected chi connectivity index (χ4v) is 3.46. The molecular weight excluding hydrogens is 419 g/mol. The van der Waals surface area contributed by atoms with E-state index in [0.717, 1.165) is 6.54 Å². The van der Waals surface area contributed by atoms with Crippen LogP contribution in [0.15, 0.2) is 42.5 Å². The van der Waals surface area contributed by atoms with Crippen molar-refractivity contribution in [2.75, 3.05) is 25.6 Å². The van der Waals surface area contributed by atoms with Crippen LogP contribution in [0, 0.1) is 5.82 Å². The quantitative estimate of drug-likeness (QED) is 0.478. The molecule has 0 radical (unpaired) electrons. The number of hydrogen-bond acceptors (Lipinski definition) is 4. The molecule has 0 unspecified atom stereocenters. The monoisotopic (exact) mass is 448 g/mol. The summed E-state index contributed by atoms with van der Waals surface area (Å²) < 4.78 is 24.5. The number of nitrogens with zero attached hydrogens (tertiary/aromatic N) is 1. The summed E-state index contributed by atoms with van der Waals surface area (Å²) in [6.45, 7) is 9.89. The Balaban J connectivity index is 2.03. The number of hydrogen-bond donors (Lipinski definition) is 1.